The summed E-state index contributed by atoms with van der Waals surface area (Å²) < 4.78 is 1.99. The van der Waals surface area contributed by atoms with E-state index in [2.05, 4.69) is 30.2 Å². The molecule has 3 N–H and O–H groups in total. The van der Waals surface area contributed by atoms with E-state index in [1.165, 1.54) is 5.57 Å². The van der Waals surface area contributed by atoms with Crippen LogP contribution in [0.5, 0.6) is 0 Å². The minimum Gasteiger partial charge on any atom is -0.389 e. The largest absolute Gasteiger partial charge is 0.389 e. The Morgan fingerprint density at radius 2 is 1.90 bits per heavy atom. The molecule has 0 aliphatic heterocycles. The molecule has 3 aromatic rings. The molecule has 2 atom stereocenters. The van der Waals surface area contributed by atoms with Gasteiger partial charge in [0.25, 0.3) is 0 Å². The fraction of sp³-hybridized carbons (Fsp3) is 0.308. The molecule has 0 radical (unpaired) electrons. The number of aryl methyl sites for hydroxylation is 1. The van der Waals surface area contributed by atoms with Crippen LogP contribution in [0.25, 0.3) is 11.8 Å². The van der Waals surface area contributed by atoms with Gasteiger partial charge in [0.2, 0.25) is 5.91 Å². The van der Waals surface area contributed by atoms with Crippen molar-refractivity contribution >= 4 is 12.0 Å². The Morgan fingerprint density at radius 3 is 2.68 bits per heavy atom. The van der Waals surface area contributed by atoms with Crippen molar-refractivity contribution in [2.45, 2.75) is 44.6 Å². The van der Waals surface area contributed by atoms with Gasteiger partial charge in [-0.25, -0.2) is 4.68 Å². The highest BCUT2D eigenvalue weighted by atomic mass is 16.3. The van der Waals surface area contributed by atoms with Gasteiger partial charge in [-0.15, -0.1) is 0 Å². The SMILES string of the molecule is C[C@]12Cc3cnn(-c4ccccc4)c3C=C1CC[C@@]2(O)CCc1ccccc1C(N)=O. The monoisotopic (exact) mass is 413 g/mol. The van der Waals surface area contributed by atoms with Crippen molar-refractivity contribution in [1.29, 1.82) is 0 Å². The average Bonchev–Trinajstić information content (AvgIpc) is 3.29. The van der Waals surface area contributed by atoms with Crippen LogP contribution in [0.2, 0.25) is 0 Å². The van der Waals surface area contributed by atoms with Crippen LogP contribution in [-0.4, -0.2) is 26.4 Å². The van der Waals surface area contributed by atoms with E-state index in [9.17, 15) is 9.90 Å². The van der Waals surface area contributed by atoms with Gasteiger partial charge in [0.15, 0.2) is 0 Å². The third kappa shape index (κ3) is 3.12. The van der Waals surface area contributed by atoms with E-state index < -0.39 is 11.5 Å². The highest BCUT2D eigenvalue weighted by Crippen LogP contribution is 2.56. The molecule has 1 amide bonds. The van der Waals surface area contributed by atoms with E-state index in [-0.39, 0.29) is 5.41 Å². The molecule has 31 heavy (non-hydrogen) atoms. The molecule has 1 aromatic heterocycles. The number of hydrogen-bond donors (Lipinski definition) is 2. The first-order valence-electron chi connectivity index (χ1n) is 10.8. The predicted octanol–water partition coefficient (Wildman–Crippen LogP) is 4.07. The Labute approximate surface area is 182 Å². The molecule has 0 unspecified atom stereocenters. The molecule has 0 spiro atoms. The Hall–Kier alpha value is -3.18. The molecule has 1 heterocycles. The molecule has 5 nitrogen and oxygen atoms in total. The van der Waals surface area contributed by atoms with Gasteiger partial charge in [-0.3, -0.25) is 4.79 Å². The molecule has 2 aliphatic carbocycles. The summed E-state index contributed by atoms with van der Waals surface area (Å²) in [6.07, 6.45) is 7.72. The number of amides is 1. The van der Waals surface area contributed by atoms with Crippen LogP contribution in [0.4, 0.5) is 0 Å². The number of aromatic nitrogens is 2. The smallest absolute Gasteiger partial charge is 0.248 e. The van der Waals surface area contributed by atoms with E-state index in [1.54, 1.807) is 6.07 Å². The molecule has 1 saturated carbocycles. The number of hydrogen-bond acceptors (Lipinski definition) is 3. The lowest BCUT2D eigenvalue weighted by Crippen LogP contribution is -2.45. The second-order valence-corrected chi connectivity index (χ2v) is 9.03. The molecule has 2 aromatic carbocycles. The first-order chi connectivity index (χ1) is 14.9. The van der Waals surface area contributed by atoms with Gasteiger partial charge in [0, 0.05) is 11.0 Å². The van der Waals surface area contributed by atoms with Crippen LogP contribution in [0.15, 0.2) is 66.4 Å². The fourth-order valence-corrected chi connectivity index (χ4v) is 5.43. The summed E-state index contributed by atoms with van der Waals surface area (Å²) in [6.45, 7) is 2.18. The highest BCUT2D eigenvalue weighted by molar-refractivity contribution is 5.94. The van der Waals surface area contributed by atoms with E-state index in [0.717, 1.165) is 41.8 Å². The summed E-state index contributed by atoms with van der Waals surface area (Å²) >= 11 is 0. The van der Waals surface area contributed by atoms with Gasteiger partial charge >= 0.3 is 0 Å². The number of rotatable bonds is 5. The van der Waals surface area contributed by atoms with Gasteiger partial charge in [0.05, 0.1) is 23.2 Å². The molecule has 158 valence electrons. The van der Waals surface area contributed by atoms with E-state index in [1.807, 2.05) is 47.3 Å². The number of para-hydroxylation sites is 1. The third-order valence-corrected chi connectivity index (χ3v) is 7.38. The van der Waals surface area contributed by atoms with Gasteiger partial charge in [-0.2, -0.15) is 5.10 Å². The quantitative estimate of drug-likeness (QED) is 0.661. The zero-order valence-electron chi connectivity index (χ0n) is 17.7. The van der Waals surface area contributed by atoms with Crippen molar-refractivity contribution in [3.63, 3.8) is 0 Å². The van der Waals surface area contributed by atoms with Crippen molar-refractivity contribution < 1.29 is 9.90 Å². The van der Waals surface area contributed by atoms with Crippen LogP contribution >= 0.6 is 0 Å². The second kappa shape index (κ2) is 7.20. The number of primary amides is 1. The van der Waals surface area contributed by atoms with Crippen molar-refractivity contribution in [2.75, 3.05) is 0 Å². The summed E-state index contributed by atoms with van der Waals surface area (Å²) in [7, 11) is 0. The zero-order chi connectivity index (χ0) is 21.6. The summed E-state index contributed by atoms with van der Waals surface area (Å²) in [5.41, 5.74) is 10.4. The highest BCUT2D eigenvalue weighted by Gasteiger charge is 2.54. The van der Waals surface area contributed by atoms with Crippen LogP contribution in [0, 0.1) is 5.41 Å². The maximum absolute atomic E-state index is 11.8. The number of benzene rings is 2. The van der Waals surface area contributed by atoms with Gasteiger partial charge in [0.1, 0.15) is 0 Å². The van der Waals surface area contributed by atoms with Crippen LogP contribution in [-0.2, 0) is 12.8 Å². The van der Waals surface area contributed by atoms with Crippen molar-refractivity contribution in [2.24, 2.45) is 11.1 Å². The van der Waals surface area contributed by atoms with Crippen molar-refractivity contribution in [3.05, 3.63) is 88.8 Å². The number of fused-ring (bicyclic) bond motifs is 2. The predicted molar refractivity (Wildman–Crippen MR) is 121 cm³/mol. The summed E-state index contributed by atoms with van der Waals surface area (Å²) in [5.74, 6) is -0.420. The van der Waals surface area contributed by atoms with Crippen molar-refractivity contribution in [1.82, 2.24) is 9.78 Å². The van der Waals surface area contributed by atoms with Crippen LogP contribution < -0.4 is 5.73 Å². The second-order valence-electron chi connectivity index (χ2n) is 9.03. The normalized spacial score (nSPS) is 24.4. The van der Waals surface area contributed by atoms with Crippen molar-refractivity contribution in [3.8, 4) is 5.69 Å². The lowest BCUT2D eigenvalue weighted by Gasteiger charge is -2.42. The Bertz CT molecular complexity index is 1180. The lowest BCUT2D eigenvalue weighted by atomic mass is 9.65. The third-order valence-electron chi connectivity index (χ3n) is 7.38. The minimum absolute atomic E-state index is 0.341. The molecule has 0 bridgehead atoms. The van der Waals surface area contributed by atoms with Crippen LogP contribution in [0.3, 0.4) is 0 Å². The first-order valence-corrected chi connectivity index (χ1v) is 10.8. The Balaban J connectivity index is 1.44. The maximum atomic E-state index is 11.8. The standard InChI is InChI=1S/C26H27N3O2/c1-25-16-19-17-28-29(21-8-3-2-4-9-21)23(19)15-20(25)12-14-26(25,31)13-11-18-7-5-6-10-22(18)24(27)30/h2-10,15,17,31H,11-14,16H2,1H3,(H2,27,30)/t25-,26-/m0/s1. The topological polar surface area (TPSA) is 81.1 Å². The molecule has 5 heteroatoms. The summed E-state index contributed by atoms with van der Waals surface area (Å²) in [6, 6.07) is 17.6. The molecule has 5 rings (SSSR count). The molecular formula is C26H27N3O2. The molecular weight excluding hydrogens is 386 g/mol. The van der Waals surface area contributed by atoms with Gasteiger partial charge < -0.3 is 10.8 Å². The molecule has 2 aliphatic rings. The van der Waals surface area contributed by atoms with Gasteiger partial charge in [-0.05, 0) is 67.5 Å². The number of nitrogens with zero attached hydrogens (tertiary/aromatic N) is 2. The maximum Gasteiger partial charge on any atom is 0.248 e. The number of aliphatic hydroxyl groups is 1. The molecule has 0 saturated heterocycles. The van der Waals surface area contributed by atoms with Gasteiger partial charge in [-0.1, -0.05) is 48.9 Å². The molecule has 1 fully saturated rings. The Morgan fingerprint density at radius 1 is 1.16 bits per heavy atom. The number of nitrogens with two attached hydrogens (primary N) is 1. The fourth-order valence-electron chi connectivity index (χ4n) is 5.43. The van der Waals surface area contributed by atoms with E-state index in [4.69, 9.17) is 5.73 Å². The first kappa shape index (κ1) is 19.8. The minimum atomic E-state index is -0.837. The van der Waals surface area contributed by atoms with E-state index >= 15 is 0 Å². The lowest BCUT2D eigenvalue weighted by molar-refractivity contribution is -0.0461. The Kier molecular flexibility index (Phi) is 4.59. The summed E-state index contributed by atoms with van der Waals surface area (Å²) in [4.78, 5) is 11.8. The number of carbonyl (C=O) groups is 1. The van der Waals surface area contributed by atoms with E-state index in [0.29, 0.717) is 18.4 Å². The number of carbonyl (C=O) groups excluding carboxylic acids is 1. The zero-order valence-corrected chi connectivity index (χ0v) is 17.7. The average molecular weight is 414 g/mol. The van der Waals surface area contributed by atoms with Crippen LogP contribution in [0.1, 0.15) is 53.4 Å². The summed E-state index contributed by atoms with van der Waals surface area (Å²) in [5, 5.41) is 16.4.